The van der Waals surface area contributed by atoms with Gasteiger partial charge in [-0.15, -0.1) is 0 Å². The Morgan fingerprint density at radius 1 is 0.889 bits per heavy atom. The first-order valence-electron chi connectivity index (χ1n) is 11.8. The van der Waals surface area contributed by atoms with Gasteiger partial charge in [-0.2, -0.15) is 0 Å². The molecule has 3 aromatic carbocycles. The van der Waals surface area contributed by atoms with Crippen molar-refractivity contribution in [2.75, 3.05) is 0 Å². The second kappa shape index (κ2) is 7.75. The molecule has 36 heavy (non-hydrogen) atoms. The molecule has 0 spiro atoms. The van der Waals surface area contributed by atoms with Gasteiger partial charge in [-0.3, -0.25) is 13.9 Å². The molecule has 0 saturated heterocycles. The minimum absolute atomic E-state index is 0.0894. The molecule has 0 saturated carbocycles. The Bertz CT molecular complexity index is 1820. The van der Waals surface area contributed by atoms with E-state index in [9.17, 15) is 14.7 Å². The smallest absolute Gasteiger partial charge is 0.331 e. The highest BCUT2D eigenvalue weighted by molar-refractivity contribution is 5.99. The summed E-state index contributed by atoms with van der Waals surface area (Å²) in [5.41, 5.74) is 5.11. The molecule has 0 unspecified atom stereocenters. The van der Waals surface area contributed by atoms with Gasteiger partial charge in [0, 0.05) is 25.2 Å². The zero-order chi connectivity index (χ0) is 25.3. The molecule has 1 aliphatic heterocycles. The summed E-state index contributed by atoms with van der Waals surface area (Å²) >= 11 is 0. The second-order valence-electron chi connectivity index (χ2n) is 9.34. The lowest BCUT2D eigenvalue weighted by molar-refractivity contribution is 0.224. The van der Waals surface area contributed by atoms with Crippen LogP contribution < -0.4 is 16.0 Å². The Kier molecular flexibility index (Phi) is 4.73. The van der Waals surface area contributed by atoms with E-state index in [1.165, 1.54) is 11.6 Å². The Morgan fingerprint density at radius 3 is 2.36 bits per heavy atom. The lowest BCUT2D eigenvalue weighted by atomic mass is 10.0. The fraction of sp³-hybridized carbons (Fsp3) is 0.172. The van der Waals surface area contributed by atoms with Crippen molar-refractivity contribution in [1.82, 2.24) is 13.7 Å². The van der Waals surface area contributed by atoms with Crippen molar-refractivity contribution in [1.29, 1.82) is 0 Å². The minimum Gasteiger partial charge on any atom is -0.508 e. The van der Waals surface area contributed by atoms with E-state index in [-0.39, 0.29) is 11.3 Å². The third kappa shape index (κ3) is 2.92. The number of phenols is 1. The van der Waals surface area contributed by atoms with Gasteiger partial charge in [-0.05, 0) is 43.2 Å². The lowest BCUT2D eigenvalue weighted by Crippen LogP contribution is -2.37. The van der Waals surface area contributed by atoms with Crippen LogP contribution in [0, 0.1) is 13.8 Å². The number of hydrogen-bond donors (Lipinski definition) is 1. The Labute approximate surface area is 207 Å². The number of aryl methyl sites for hydroxylation is 3. The number of para-hydroxylation sites is 2. The number of nitrogens with zero attached hydrogens (tertiary/aromatic N) is 3. The number of aromatic nitrogens is 3. The third-order valence-electron chi connectivity index (χ3n) is 7.08. The maximum absolute atomic E-state index is 13.7. The van der Waals surface area contributed by atoms with Crippen LogP contribution in [0.15, 0.2) is 76.3 Å². The molecule has 1 aliphatic rings. The summed E-state index contributed by atoms with van der Waals surface area (Å²) in [6.45, 7) is 3.91. The SMILES string of the molecule is Cc1ccc([C@@H]2Oc3ccccc3-n3c(-c4ccccc4C)c4c(=O)n(C)c(=O)n(C)c4c32)c(O)c1. The van der Waals surface area contributed by atoms with E-state index in [0.29, 0.717) is 33.6 Å². The average molecular weight is 480 g/mol. The van der Waals surface area contributed by atoms with Gasteiger partial charge >= 0.3 is 5.69 Å². The van der Waals surface area contributed by atoms with E-state index in [1.807, 2.05) is 79.1 Å². The van der Waals surface area contributed by atoms with E-state index in [2.05, 4.69) is 0 Å². The molecule has 7 heteroatoms. The van der Waals surface area contributed by atoms with Crippen LogP contribution in [0.2, 0.25) is 0 Å². The summed E-state index contributed by atoms with van der Waals surface area (Å²) in [6.07, 6.45) is -0.751. The monoisotopic (exact) mass is 479 g/mol. The molecule has 180 valence electrons. The van der Waals surface area contributed by atoms with Gasteiger partial charge in [-0.1, -0.05) is 48.5 Å². The Hall–Kier alpha value is -4.52. The number of hydrogen-bond acceptors (Lipinski definition) is 4. The van der Waals surface area contributed by atoms with E-state index < -0.39 is 11.8 Å². The second-order valence-corrected chi connectivity index (χ2v) is 9.34. The van der Waals surface area contributed by atoms with Crippen LogP contribution >= 0.6 is 0 Å². The zero-order valence-corrected chi connectivity index (χ0v) is 20.4. The summed E-state index contributed by atoms with van der Waals surface area (Å²) in [6, 6.07) is 20.9. The van der Waals surface area contributed by atoms with Crippen LogP contribution in [0.5, 0.6) is 11.5 Å². The fourth-order valence-corrected chi connectivity index (χ4v) is 5.29. The standard InChI is InChI=1S/C29H25N3O4/c1-16-13-14-19(21(33)15-16)27-26-25-23(28(34)31(4)29(35)30(25)3)24(18-10-6-5-9-17(18)2)32(26)20-11-7-8-12-22(20)36-27/h5-15,27,33H,1-4H3/t27-/m0/s1. The van der Waals surface area contributed by atoms with Crippen LogP contribution in [0.4, 0.5) is 0 Å². The Morgan fingerprint density at radius 2 is 1.61 bits per heavy atom. The summed E-state index contributed by atoms with van der Waals surface area (Å²) in [7, 11) is 3.16. The largest absolute Gasteiger partial charge is 0.508 e. The van der Waals surface area contributed by atoms with Gasteiger partial charge in [0.25, 0.3) is 5.56 Å². The molecule has 0 aliphatic carbocycles. The van der Waals surface area contributed by atoms with Crippen molar-refractivity contribution in [3.05, 3.63) is 110 Å². The van der Waals surface area contributed by atoms with E-state index in [0.717, 1.165) is 26.9 Å². The van der Waals surface area contributed by atoms with Crippen LogP contribution in [-0.4, -0.2) is 18.8 Å². The van der Waals surface area contributed by atoms with Crippen LogP contribution in [0.25, 0.3) is 27.8 Å². The molecule has 7 nitrogen and oxygen atoms in total. The highest BCUT2D eigenvalue weighted by atomic mass is 16.5. The quantitative estimate of drug-likeness (QED) is 0.404. The van der Waals surface area contributed by atoms with Gasteiger partial charge in [0.05, 0.1) is 28.0 Å². The lowest BCUT2D eigenvalue weighted by Gasteiger charge is -2.30. The summed E-state index contributed by atoms with van der Waals surface area (Å²) in [5.74, 6) is 0.707. The molecular weight excluding hydrogens is 454 g/mol. The number of fused-ring (bicyclic) bond motifs is 5. The van der Waals surface area contributed by atoms with Crippen molar-refractivity contribution < 1.29 is 9.84 Å². The van der Waals surface area contributed by atoms with E-state index in [4.69, 9.17) is 4.74 Å². The highest BCUT2D eigenvalue weighted by Gasteiger charge is 2.37. The van der Waals surface area contributed by atoms with Gasteiger partial charge in [0.2, 0.25) is 0 Å². The molecule has 2 aromatic heterocycles. The van der Waals surface area contributed by atoms with Crippen molar-refractivity contribution in [3.8, 4) is 28.4 Å². The van der Waals surface area contributed by atoms with Crippen LogP contribution in [0.3, 0.4) is 0 Å². The van der Waals surface area contributed by atoms with Crippen LogP contribution in [-0.2, 0) is 14.1 Å². The molecule has 0 bridgehead atoms. The predicted octanol–water partition coefficient (Wildman–Crippen LogP) is 4.50. The van der Waals surface area contributed by atoms with E-state index in [1.54, 1.807) is 13.1 Å². The number of ether oxygens (including phenoxy) is 1. The van der Waals surface area contributed by atoms with Gasteiger partial charge < -0.3 is 14.4 Å². The molecule has 0 fully saturated rings. The van der Waals surface area contributed by atoms with Gasteiger partial charge in [-0.25, -0.2) is 4.79 Å². The zero-order valence-electron chi connectivity index (χ0n) is 20.4. The van der Waals surface area contributed by atoms with Crippen molar-refractivity contribution in [3.63, 3.8) is 0 Å². The molecule has 0 radical (unpaired) electrons. The average Bonchev–Trinajstić information content (AvgIpc) is 3.23. The summed E-state index contributed by atoms with van der Waals surface area (Å²) in [4.78, 5) is 26.9. The maximum atomic E-state index is 13.7. The molecule has 0 amide bonds. The van der Waals surface area contributed by atoms with E-state index >= 15 is 0 Å². The normalized spacial score (nSPS) is 14.4. The molecule has 1 atom stereocenters. The fourth-order valence-electron chi connectivity index (χ4n) is 5.29. The predicted molar refractivity (Wildman–Crippen MR) is 139 cm³/mol. The van der Waals surface area contributed by atoms with Crippen molar-refractivity contribution in [2.45, 2.75) is 20.0 Å². The minimum atomic E-state index is -0.751. The number of rotatable bonds is 2. The Balaban J connectivity index is 1.89. The first-order chi connectivity index (χ1) is 17.3. The van der Waals surface area contributed by atoms with Gasteiger partial charge in [0.15, 0.2) is 6.10 Å². The summed E-state index contributed by atoms with van der Waals surface area (Å²) in [5, 5.41) is 11.4. The molecule has 6 rings (SSSR count). The van der Waals surface area contributed by atoms with Crippen molar-refractivity contribution in [2.24, 2.45) is 14.1 Å². The number of aromatic hydroxyl groups is 1. The molecular formula is C29H25N3O4. The number of benzene rings is 3. The molecule has 1 N–H and O–H groups in total. The number of phenolic OH excluding ortho intramolecular Hbond substituents is 1. The molecule has 3 heterocycles. The first kappa shape index (κ1) is 22.0. The molecule has 5 aromatic rings. The van der Waals surface area contributed by atoms with Gasteiger partial charge in [0.1, 0.15) is 11.5 Å². The maximum Gasteiger partial charge on any atom is 0.331 e. The summed E-state index contributed by atoms with van der Waals surface area (Å²) < 4.78 is 11.2. The first-order valence-corrected chi connectivity index (χ1v) is 11.8. The van der Waals surface area contributed by atoms with Crippen molar-refractivity contribution >= 4 is 10.9 Å². The third-order valence-corrected chi connectivity index (χ3v) is 7.08. The van der Waals surface area contributed by atoms with Crippen LogP contribution in [0.1, 0.15) is 28.5 Å². The topological polar surface area (TPSA) is 78.4 Å². The highest BCUT2D eigenvalue weighted by Crippen LogP contribution is 2.48.